The van der Waals surface area contributed by atoms with Crippen molar-refractivity contribution in [2.45, 2.75) is 79.6 Å². The third-order valence-electron chi connectivity index (χ3n) is 4.30. The minimum absolute atomic E-state index is 0.514. The quantitative estimate of drug-likeness (QED) is 0.501. The first kappa shape index (κ1) is 13.1. The molecule has 0 aliphatic heterocycles. The maximum absolute atomic E-state index is 2.46. The van der Waals surface area contributed by atoms with Gasteiger partial charge in [0.25, 0.3) is 0 Å². The predicted octanol–water partition coefficient (Wildman–Crippen LogP) is 5.42. The minimum Gasteiger partial charge on any atom is -0.0599 e. The maximum Gasteiger partial charge on any atom is -0.0354 e. The van der Waals surface area contributed by atoms with E-state index in [1.165, 1.54) is 44.9 Å². The summed E-state index contributed by atoms with van der Waals surface area (Å²) in [6, 6.07) is 0. The van der Waals surface area contributed by atoms with Crippen LogP contribution in [-0.4, -0.2) is 0 Å². The Hall–Kier alpha value is 0. The highest BCUT2D eigenvalue weighted by atomic mass is 14.3. The van der Waals surface area contributed by atoms with Gasteiger partial charge in [-0.05, 0) is 42.4 Å². The molecule has 0 spiro atoms. The molecule has 0 amide bonds. The van der Waals surface area contributed by atoms with Gasteiger partial charge in [0.05, 0.1) is 0 Å². The van der Waals surface area contributed by atoms with E-state index in [-0.39, 0.29) is 0 Å². The van der Waals surface area contributed by atoms with Crippen LogP contribution in [0, 0.1) is 16.7 Å². The average Bonchev–Trinajstić information content (AvgIpc) is 2.13. The topological polar surface area (TPSA) is 0 Å². The third-order valence-corrected chi connectivity index (χ3v) is 4.30. The highest BCUT2D eigenvalue weighted by Gasteiger charge is 2.28. The largest absolute Gasteiger partial charge is 0.0599 e. The Labute approximate surface area is 96.8 Å². The highest BCUT2D eigenvalue weighted by molar-refractivity contribution is 4.79. The van der Waals surface area contributed by atoms with Crippen LogP contribution in [-0.2, 0) is 0 Å². The average molecular weight is 210 g/mol. The minimum atomic E-state index is 0.514. The number of hydrogen-bond donors (Lipinski definition) is 0. The Bertz CT molecular complexity index is 183. The highest BCUT2D eigenvalue weighted by Crippen LogP contribution is 2.40. The lowest BCUT2D eigenvalue weighted by Gasteiger charge is -2.33. The molecular formula is C15H30. The van der Waals surface area contributed by atoms with Crippen LogP contribution in [0.15, 0.2) is 0 Å². The van der Waals surface area contributed by atoms with Crippen LogP contribution < -0.4 is 0 Å². The summed E-state index contributed by atoms with van der Waals surface area (Å²) in [5.41, 5.74) is 1.11. The lowest BCUT2D eigenvalue weighted by Crippen LogP contribution is -2.22. The Morgan fingerprint density at radius 1 is 0.867 bits per heavy atom. The molecule has 1 saturated carbocycles. The van der Waals surface area contributed by atoms with Crippen LogP contribution in [0.1, 0.15) is 79.6 Å². The number of hydrogen-bond acceptors (Lipinski definition) is 0. The number of rotatable bonds is 0. The summed E-state index contributed by atoms with van der Waals surface area (Å²) in [4.78, 5) is 0. The molecule has 0 aromatic rings. The molecule has 15 heavy (non-hydrogen) atoms. The van der Waals surface area contributed by atoms with Crippen LogP contribution in [0.4, 0.5) is 0 Å². The zero-order chi connectivity index (χ0) is 11.5. The lowest BCUT2D eigenvalue weighted by atomic mass is 9.73. The van der Waals surface area contributed by atoms with Gasteiger partial charge in [-0.25, -0.2) is 0 Å². The van der Waals surface area contributed by atoms with Crippen LogP contribution in [0.3, 0.4) is 0 Å². The Morgan fingerprint density at radius 3 is 2.13 bits per heavy atom. The van der Waals surface area contributed by atoms with Crippen LogP contribution in [0.25, 0.3) is 0 Å². The molecule has 0 N–H and O–H groups in total. The molecule has 0 saturated heterocycles. The van der Waals surface area contributed by atoms with Gasteiger partial charge >= 0.3 is 0 Å². The molecule has 1 rings (SSSR count). The van der Waals surface area contributed by atoms with E-state index in [0.717, 1.165) is 5.92 Å². The molecule has 1 aliphatic rings. The van der Waals surface area contributed by atoms with Gasteiger partial charge in [-0.1, -0.05) is 53.9 Å². The zero-order valence-electron chi connectivity index (χ0n) is 11.5. The summed E-state index contributed by atoms with van der Waals surface area (Å²) in [6.07, 6.45) is 10.1. The molecule has 0 radical (unpaired) electrons. The Kier molecular flexibility index (Phi) is 4.26. The molecule has 1 fully saturated rings. The van der Waals surface area contributed by atoms with Crippen LogP contribution in [0.2, 0.25) is 0 Å². The van der Waals surface area contributed by atoms with E-state index in [2.05, 4.69) is 34.6 Å². The SMILES string of the molecule is CC1(C)CCCCCC(C(C)(C)C)CC1. The van der Waals surface area contributed by atoms with E-state index in [1.54, 1.807) is 0 Å². The van der Waals surface area contributed by atoms with Crippen LogP contribution >= 0.6 is 0 Å². The van der Waals surface area contributed by atoms with Crippen LogP contribution in [0.5, 0.6) is 0 Å². The standard InChI is InChI=1S/C15H30/c1-14(2,3)13-9-7-6-8-11-15(4,5)12-10-13/h13H,6-12H2,1-5H3. The fourth-order valence-corrected chi connectivity index (χ4v) is 2.87. The van der Waals surface area contributed by atoms with Crippen molar-refractivity contribution < 1.29 is 0 Å². The molecule has 0 heterocycles. The smallest absolute Gasteiger partial charge is 0.0354 e. The van der Waals surface area contributed by atoms with Gasteiger partial charge in [-0.3, -0.25) is 0 Å². The fourth-order valence-electron chi connectivity index (χ4n) is 2.87. The summed E-state index contributed by atoms with van der Waals surface area (Å²) in [5.74, 6) is 0.940. The van der Waals surface area contributed by atoms with Gasteiger partial charge in [-0.2, -0.15) is 0 Å². The van der Waals surface area contributed by atoms with Gasteiger partial charge in [0.1, 0.15) is 0 Å². The Balaban J connectivity index is 2.60. The first-order valence-electron chi connectivity index (χ1n) is 6.81. The Morgan fingerprint density at radius 2 is 1.53 bits per heavy atom. The molecule has 1 aliphatic carbocycles. The van der Waals surface area contributed by atoms with Crippen molar-refractivity contribution in [1.82, 2.24) is 0 Å². The van der Waals surface area contributed by atoms with Crippen molar-refractivity contribution in [2.75, 3.05) is 0 Å². The second-order valence-corrected chi connectivity index (χ2v) is 7.37. The summed E-state index contributed by atoms with van der Waals surface area (Å²) in [5, 5.41) is 0. The lowest BCUT2D eigenvalue weighted by molar-refractivity contribution is 0.181. The van der Waals surface area contributed by atoms with E-state index in [9.17, 15) is 0 Å². The normalized spacial score (nSPS) is 29.0. The van der Waals surface area contributed by atoms with Crippen molar-refractivity contribution >= 4 is 0 Å². The molecule has 0 aromatic heterocycles. The molecule has 0 heteroatoms. The molecule has 90 valence electrons. The van der Waals surface area contributed by atoms with Crippen molar-refractivity contribution in [1.29, 1.82) is 0 Å². The first-order valence-corrected chi connectivity index (χ1v) is 6.81. The fraction of sp³-hybridized carbons (Fsp3) is 1.00. The van der Waals surface area contributed by atoms with Gasteiger partial charge in [-0.15, -0.1) is 0 Å². The summed E-state index contributed by atoms with van der Waals surface area (Å²) in [7, 11) is 0. The van der Waals surface area contributed by atoms with Crippen molar-refractivity contribution in [3.63, 3.8) is 0 Å². The van der Waals surface area contributed by atoms with E-state index >= 15 is 0 Å². The van der Waals surface area contributed by atoms with E-state index in [0.29, 0.717) is 10.8 Å². The predicted molar refractivity (Wildman–Crippen MR) is 69.0 cm³/mol. The summed E-state index contributed by atoms with van der Waals surface area (Å²) >= 11 is 0. The third kappa shape index (κ3) is 4.57. The van der Waals surface area contributed by atoms with Crippen molar-refractivity contribution in [2.24, 2.45) is 16.7 Å². The van der Waals surface area contributed by atoms with E-state index < -0.39 is 0 Å². The van der Waals surface area contributed by atoms with Crippen molar-refractivity contribution in [3.8, 4) is 0 Å². The second-order valence-electron chi connectivity index (χ2n) is 7.37. The molecular weight excluding hydrogens is 180 g/mol. The summed E-state index contributed by atoms with van der Waals surface area (Å²) in [6.45, 7) is 12.2. The first-order chi connectivity index (χ1) is 6.81. The van der Waals surface area contributed by atoms with Gasteiger partial charge < -0.3 is 0 Å². The van der Waals surface area contributed by atoms with Gasteiger partial charge in [0.15, 0.2) is 0 Å². The maximum atomic E-state index is 2.46. The van der Waals surface area contributed by atoms with Crippen molar-refractivity contribution in [3.05, 3.63) is 0 Å². The zero-order valence-corrected chi connectivity index (χ0v) is 11.5. The monoisotopic (exact) mass is 210 g/mol. The van der Waals surface area contributed by atoms with E-state index in [1.807, 2.05) is 0 Å². The molecule has 0 bridgehead atoms. The molecule has 1 unspecified atom stereocenters. The second kappa shape index (κ2) is 4.89. The molecule has 0 aromatic carbocycles. The van der Waals surface area contributed by atoms with Gasteiger partial charge in [0, 0.05) is 0 Å². The van der Waals surface area contributed by atoms with Gasteiger partial charge in [0.2, 0.25) is 0 Å². The molecule has 0 nitrogen and oxygen atoms in total. The summed E-state index contributed by atoms with van der Waals surface area (Å²) < 4.78 is 0. The molecule has 1 atom stereocenters. The van der Waals surface area contributed by atoms with E-state index in [4.69, 9.17) is 0 Å².